The van der Waals surface area contributed by atoms with Gasteiger partial charge in [-0.15, -0.1) is 0 Å². The normalized spacial score (nSPS) is 14.4. The average Bonchev–Trinajstić information content (AvgIpc) is 1.87. The van der Waals surface area contributed by atoms with Crippen LogP contribution in [0.2, 0.25) is 0 Å². The van der Waals surface area contributed by atoms with E-state index in [-0.39, 0.29) is 0 Å². The lowest BCUT2D eigenvalue weighted by Gasteiger charge is -1.99. The lowest BCUT2D eigenvalue weighted by Crippen LogP contribution is -2.14. The second kappa shape index (κ2) is 11.1. The molecule has 0 bridgehead atoms. The molecule has 0 amide bonds. The van der Waals surface area contributed by atoms with E-state index in [0.717, 1.165) is 13.2 Å². The Balaban J connectivity index is 0. The van der Waals surface area contributed by atoms with Crippen molar-refractivity contribution in [3.05, 3.63) is 0 Å². The van der Waals surface area contributed by atoms with Crippen LogP contribution in [0.1, 0.15) is 20.8 Å². The minimum Gasteiger partial charge on any atom is -0.382 e. The van der Waals surface area contributed by atoms with Crippen LogP contribution in [-0.2, 0) is 13.8 Å². The van der Waals surface area contributed by atoms with Gasteiger partial charge in [-0.05, 0) is 20.8 Å². The topological polar surface area (TPSA) is 81.8 Å². The van der Waals surface area contributed by atoms with Gasteiger partial charge < -0.3 is 15.4 Å². The maximum absolute atomic E-state index is 9.69. The second-order valence-corrected chi connectivity index (χ2v) is 2.64. The van der Waals surface area contributed by atoms with Gasteiger partial charge in [0, 0.05) is 13.2 Å². The first-order valence-corrected chi connectivity index (χ1v) is 5.03. The fraction of sp³-hybridized carbons (Fsp3) is 1.00. The van der Waals surface area contributed by atoms with Crippen molar-refractivity contribution < 1.29 is 18.7 Å². The summed E-state index contributed by atoms with van der Waals surface area (Å²) >= 11 is 0. The average molecular weight is 199 g/mol. The molecule has 0 aromatic carbocycles. The molecule has 0 aliphatic rings. The molecule has 6 heteroatoms. The molecule has 0 aliphatic carbocycles. The standard InChI is InChI=1S/C4H10O.C2H8NO3P/c1-3-5-4-2;1-2(3)6-7(4)5/h3-4H2,1-2H3;2,7H,3H2,1H3,(H,4,5). The zero-order valence-electron chi connectivity index (χ0n) is 7.74. The number of rotatable bonds is 4. The smallest absolute Gasteiger partial charge is 0.318 e. The van der Waals surface area contributed by atoms with E-state index in [9.17, 15) is 4.57 Å². The SMILES string of the molecule is CC(N)O[PH](=O)O.CCOCC. The molecule has 76 valence electrons. The van der Waals surface area contributed by atoms with E-state index in [4.69, 9.17) is 15.4 Å². The van der Waals surface area contributed by atoms with Gasteiger partial charge in [0.2, 0.25) is 0 Å². The lowest BCUT2D eigenvalue weighted by atomic mass is 10.7. The van der Waals surface area contributed by atoms with Crippen molar-refractivity contribution in [1.29, 1.82) is 0 Å². The summed E-state index contributed by atoms with van der Waals surface area (Å²) in [6, 6.07) is 0. The largest absolute Gasteiger partial charge is 0.382 e. The zero-order valence-corrected chi connectivity index (χ0v) is 8.74. The van der Waals surface area contributed by atoms with E-state index in [1.54, 1.807) is 0 Å². The summed E-state index contributed by atoms with van der Waals surface area (Å²) in [6.07, 6.45) is -0.642. The van der Waals surface area contributed by atoms with E-state index in [1.165, 1.54) is 6.92 Å². The molecule has 0 heterocycles. The first-order valence-electron chi connectivity index (χ1n) is 3.77. The van der Waals surface area contributed by atoms with Crippen LogP contribution in [0.5, 0.6) is 0 Å². The van der Waals surface area contributed by atoms with Crippen molar-refractivity contribution in [3.8, 4) is 0 Å². The Labute approximate surface area is 73.8 Å². The molecule has 0 aromatic heterocycles. The Kier molecular flexibility index (Phi) is 13.5. The molecule has 0 spiro atoms. The minimum absolute atomic E-state index is 0.642. The van der Waals surface area contributed by atoms with Crippen molar-refractivity contribution in [2.24, 2.45) is 5.73 Å². The minimum atomic E-state index is -2.81. The van der Waals surface area contributed by atoms with Gasteiger partial charge in [-0.25, -0.2) is 0 Å². The molecule has 0 radical (unpaired) electrons. The van der Waals surface area contributed by atoms with Gasteiger partial charge >= 0.3 is 8.25 Å². The van der Waals surface area contributed by atoms with Crippen molar-refractivity contribution in [3.63, 3.8) is 0 Å². The third-order valence-corrected chi connectivity index (χ3v) is 1.27. The van der Waals surface area contributed by atoms with E-state index in [0.29, 0.717) is 0 Å². The van der Waals surface area contributed by atoms with Crippen LogP contribution in [0.4, 0.5) is 0 Å². The van der Waals surface area contributed by atoms with E-state index in [2.05, 4.69) is 4.52 Å². The molecule has 5 nitrogen and oxygen atoms in total. The van der Waals surface area contributed by atoms with Crippen molar-refractivity contribution >= 4 is 8.25 Å². The Morgan fingerprint density at radius 3 is 1.92 bits per heavy atom. The van der Waals surface area contributed by atoms with Crippen LogP contribution in [0.15, 0.2) is 0 Å². The fourth-order valence-corrected chi connectivity index (χ4v) is 0.681. The van der Waals surface area contributed by atoms with Crippen LogP contribution >= 0.6 is 8.25 Å². The molecule has 0 saturated heterocycles. The molecule has 0 saturated carbocycles. The predicted molar refractivity (Wildman–Crippen MR) is 48.1 cm³/mol. The van der Waals surface area contributed by atoms with Crippen LogP contribution < -0.4 is 5.73 Å². The molecule has 0 aliphatic heterocycles. The Bertz CT molecular complexity index is 108. The summed E-state index contributed by atoms with van der Waals surface area (Å²) in [5.41, 5.74) is 4.94. The summed E-state index contributed by atoms with van der Waals surface area (Å²) < 4.78 is 18.7. The highest BCUT2D eigenvalue weighted by Gasteiger charge is 1.93. The number of hydrogen-bond acceptors (Lipinski definition) is 4. The van der Waals surface area contributed by atoms with Gasteiger partial charge in [-0.1, -0.05) is 0 Å². The summed E-state index contributed by atoms with van der Waals surface area (Å²) in [5, 5.41) is 0. The summed E-state index contributed by atoms with van der Waals surface area (Å²) in [7, 11) is -2.81. The van der Waals surface area contributed by atoms with Crippen molar-refractivity contribution in [2.45, 2.75) is 27.0 Å². The van der Waals surface area contributed by atoms with Gasteiger partial charge in [0.1, 0.15) is 6.23 Å². The molecule has 12 heavy (non-hydrogen) atoms. The molecule has 2 unspecified atom stereocenters. The summed E-state index contributed by atoms with van der Waals surface area (Å²) in [5.74, 6) is 0. The number of hydrogen-bond donors (Lipinski definition) is 2. The van der Waals surface area contributed by atoms with E-state index in [1.807, 2.05) is 13.8 Å². The zero-order chi connectivity index (χ0) is 9.98. The maximum atomic E-state index is 9.69. The number of nitrogens with two attached hydrogens (primary N) is 1. The van der Waals surface area contributed by atoms with Gasteiger partial charge in [0.05, 0.1) is 0 Å². The van der Waals surface area contributed by atoms with Gasteiger partial charge in [0.15, 0.2) is 0 Å². The van der Waals surface area contributed by atoms with Crippen molar-refractivity contribution in [1.82, 2.24) is 0 Å². The first-order chi connectivity index (χ1) is 5.54. The van der Waals surface area contributed by atoms with Crippen LogP contribution in [-0.4, -0.2) is 24.3 Å². The molecular formula is C6H18NO4P. The Hall–Kier alpha value is 0.0700. The summed E-state index contributed by atoms with van der Waals surface area (Å²) in [4.78, 5) is 7.97. The highest BCUT2D eigenvalue weighted by molar-refractivity contribution is 7.32. The molecule has 0 fully saturated rings. The second-order valence-electron chi connectivity index (χ2n) is 1.87. The lowest BCUT2D eigenvalue weighted by molar-refractivity contribution is 0.162. The van der Waals surface area contributed by atoms with Gasteiger partial charge in [0.25, 0.3) is 0 Å². The Morgan fingerprint density at radius 2 is 1.92 bits per heavy atom. The Morgan fingerprint density at radius 1 is 1.50 bits per heavy atom. The van der Waals surface area contributed by atoms with Crippen LogP contribution in [0.25, 0.3) is 0 Å². The molecule has 3 N–H and O–H groups in total. The maximum Gasteiger partial charge on any atom is 0.318 e. The monoisotopic (exact) mass is 199 g/mol. The third-order valence-electron chi connectivity index (χ3n) is 0.695. The highest BCUT2D eigenvalue weighted by Crippen LogP contribution is 2.14. The molecule has 0 aromatic rings. The fourth-order valence-electron chi connectivity index (χ4n) is 0.363. The highest BCUT2D eigenvalue weighted by atomic mass is 31.1. The van der Waals surface area contributed by atoms with Gasteiger partial charge in [-0.2, -0.15) is 0 Å². The van der Waals surface area contributed by atoms with Crippen LogP contribution in [0, 0.1) is 0 Å². The third kappa shape index (κ3) is 22.5. The van der Waals surface area contributed by atoms with E-state index >= 15 is 0 Å². The summed E-state index contributed by atoms with van der Waals surface area (Å²) in [6.45, 7) is 7.15. The van der Waals surface area contributed by atoms with Crippen molar-refractivity contribution in [2.75, 3.05) is 13.2 Å². The van der Waals surface area contributed by atoms with E-state index < -0.39 is 14.5 Å². The molecule has 2 atom stereocenters. The van der Waals surface area contributed by atoms with Gasteiger partial charge in [-0.3, -0.25) is 9.09 Å². The number of ether oxygens (including phenoxy) is 1. The predicted octanol–water partition coefficient (Wildman–Crippen LogP) is 0.733. The van der Waals surface area contributed by atoms with Crippen LogP contribution in [0.3, 0.4) is 0 Å². The molecular weight excluding hydrogens is 181 g/mol. The molecule has 0 rings (SSSR count). The first kappa shape index (κ1) is 14.6. The quantitative estimate of drug-likeness (QED) is 0.515.